The molecular weight excluding hydrogens is 430 g/mol. The van der Waals surface area contributed by atoms with Crippen molar-refractivity contribution in [1.82, 2.24) is 10.2 Å². The predicted molar refractivity (Wildman–Crippen MR) is 120 cm³/mol. The van der Waals surface area contributed by atoms with E-state index in [0.717, 1.165) is 5.69 Å². The summed E-state index contributed by atoms with van der Waals surface area (Å²) < 4.78 is 23.9. The SMILES string of the molecule is O=C(c1ccc(Cl)cc1)N(CCNC(=S)Nc1ccccc1)C1CCS(=O)(=O)C1. The predicted octanol–water partition coefficient (Wildman–Crippen LogP) is 2.96. The standard InChI is InChI=1S/C20H22ClN3O3S2/c21-16-8-6-15(7-9-16)19(25)24(18-10-13-29(26,27)14-18)12-11-22-20(28)23-17-4-2-1-3-5-17/h1-9,18H,10-14H2,(H2,22,23,28). The van der Waals surface area contributed by atoms with Gasteiger partial charge in [-0.25, -0.2) is 8.42 Å². The molecule has 29 heavy (non-hydrogen) atoms. The van der Waals surface area contributed by atoms with Gasteiger partial charge in [-0.15, -0.1) is 0 Å². The summed E-state index contributed by atoms with van der Waals surface area (Å²) in [4.78, 5) is 14.6. The molecule has 6 nitrogen and oxygen atoms in total. The van der Waals surface area contributed by atoms with Crippen molar-refractivity contribution >= 4 is 50.4 Å². The van der Waals surface area contributed by atoms with E-state index in [9.17, 15) is 13.2 Å². The fourth-order valence-corrected chi connectivity index (χ4v) is 5.29. The molecule has 1 heterocycles. The van der Waals surface area contributed by atoms with Crippen molar-refractivity contribution in [1.29, 1.82) is 0 Å². The van der Waals surface area contributed by atoms with Gasteiger partial charge in [0.05, 0.1) is 11.5 Å². The van der Waals surface area contributed by atoms with Crippen molar-refractivity contribution < 1.29 is 13.2 Å². The van der Waals surface area contributed by atoms with E-state index in [4.69, 9.17) is 23.8 Å². The smallest absolute Gasteiger partial charge is 0.254 e. The molecule has 0 spiro atoms. The molecule has 0 saturated carbocycles. The van der Waals surface area contributed by atoms with Gasteiger partial charge in [-0.05, 0) is 55.0 Å². The van der Waals surface area contributed by atoms with Crippen LogP contribution in [0.5, 0.6) is 0 Å². The highest BCUT2D eigenvalue weighted by Crippen LogP contribution is 2.20. The number of anilines is 1. The van der Waals surface area contributed by atoms with Crippen molar-refractivity contribution in [3.05, 3.63) is 65.2 Å². The molecule has 0 radical (unpaired) electrons. The average molecular weight is 452 g/mol. The number of halogens is 1. The van der Waals surface area contributed by atoms with Crippen LogP contribution in [0.1, 0.15) is 16.8 Å². The lowest BCUT2D eigenvalue weighted by Crippen LogP contribution is -2.45. The van der Waals surface area contributed by atoms with E-state index in [1.807, 2.05) is 30.3 Å². The number of thiocarbonyl (C=S) groups is 1. The number of benzene rings is 2. The van der Waals surface area contributed by atoms with Gasteiger partial charge in [0, 0.05) is 35.4 Å². The highest BCUT2D eigenvalue weighted by Gasteiger charge is 2.34. The number of hydrogen-bond acceptors (Lipinski definition) is 4. The van der Waals surface area contributed by atoms with Crippen LogP contribution in [0.25, 0.3) is 0 Å². The van der Waals surface area contributed by atoms with Crippen LogP contribution in [-0.2, 0) is 9.84 Å². The van der Waals surface area contributed by atoms with E-state index in [1.165, 1.54) is 0 Å². The molecule has 9 heteroatoms. The Morgan fingerprint density at radius 3 is 2.45 bits per heavy atom. The molecular formula is C20H22ClN3O3S2. The number of carbonyl (C=O) groups excluding carboxylic acids is 1. The highest BCUT2D eigenvalue weighted by atomic mass is 35.5. The van der Waals surface area contributed by atoms with Crippen LogP contribution in [0.3, 0.4) is 0 Å². The Bertz CT molecular complexity index is 966. The first-order valence-electron chi connectivity index (χ1n) is 9.21. The minimum Gasteiger partial charge on any atom is -0.361 e. The summed E-state index contributed by atoms with van der Waals surface area (Å²) in [7, 11) is -3.12. The molecule has 1 unspecified atom stereocenters. The molecule has 0 bridgehead atoms. The number of carbonyl (C=O) groups is 1. The van der Waals surface area contributed by atoms with Gasteiger partial charge in [0.1, 0.15) is 0 Å². The second-order valence-electron chi connectivity index (χ2n) is 6.81. The zero-order chi connectivity index (χ0) is 20.9. The average Bonchev–Trinajstić information content (AvgIpc) is 3.05. The maximum Gasteiger partial charge on any atom is 0.254 e. The third kappa shape index (κ3) is 6.16. The Hall–Kier alpha value is -2.16. The Kier molecular flexibility index (Phi) is 7.10. The molecule has 1 atom stereocenters. The number of sulfone groups is 1. The van der Waals surface area contributed by atoms with Crippen LogP contribution in [0.4, 0.5) is 5.69 Å². The Morgan fingerprint density at radius 1 is 1.14 bits per heavy atom. The first-order valence-corrected chi connectivity index (χ1v) is 11.8. The summed E-state index contributed by atoms with van der Waals surface area (Å²) in [5.74, 6) is -0.129. The second-order valence-corrected chi connectivity index (χ2v) is 9.88. The van der Waals surface area contributed by atoms with Crippen LogP contribution in [-0.4, -0.2) is 55.0 Å². The van der Waals surface area contributed by atoms with Gasteiger partial charge >= 0.3 is 0 Å². The van der Waals surface area contributed by atoms with E-state index in [0.29, 0.717) is 35.2 Å². The van der Waals surface area contributed by atoms with Crippen molar-refractivity contribution in [3.63, 3.8) is 0 Å². The number of nitrogens with one attached hydrogen (secondary N) is 2. The van der Waals surface area contributed by atoms with E-state index in [-0.39, 0.29) is 23.5 Å². The molecule has 1 aliphatic heterocycles. The lowest BCUT2D eigenvalue weighted by atomic mass is 10.1. The summed E-state index contributed by atoms with van der Waals surface area (Å²) >= 11 is 11.2. The van der Waals surface area contributed by atoms with Crippen LogP contribution in [0.2, 0.25) is 5.02 Å². The highest BCUT2D eigenvalue weighted by molar-refractivity contribution is 7.91. The van der Waals surface area contributed by atoms with Crippen LogP contribution < -0.4 is 10.6 Å². The molecule has 0 aromatic heterocycles. The molecule has 154 valence electrons. The van der Waals surface area contributed by atoms with Gasteiger partial charge in [-0.2, -0.15) is 0 Å². The zero-order valence-corrected chi connectivity index (χ0v) is 18.1. The van der Waals surface area contributed by atoms with Crippen LogP contribution in [0.15, 0.2) is 54.6 Å². The maximum atomic E-state index is 13.0. The van der Waals surface area contributed by atoms with Crippen LogP contribution >= 0.6 is 23.8 Å². The maximum absolute atomic E-state index is 13.0. The first-order chi connectivity index (χ1) is 13.8. The quantitative estimate of drug-likeness (QED) is 0.657. The summed E-state index contributed by atoms with van der Waals surface area (Å²) in [6, 6.07) is 15.8. The van der Waals surface area contributed by atoms with Gasteiger partial charge in [0.15, 0.2) is 14.9 Å². The largest absolute Gasteiger partial charge is 0.361 e. The van der Waals surface area contributed by atoms with Crippen molar-refractivity contribution in [3.8, 4) is 0 Å². The number of nitrogens with zero attached hydrogens (tertiary/aromatic N) is 1. The molecule has 2 N–H and O–H groups in total. The lowest BCUT2D eigenvalue weighted by Gasteiger charge is -2.29. The number of rotatable bonds is 6. The Morgan fingerprint density at radius 2 is 1.83 bits per heavy atom. The number of para-hydroxylation sites is 1. The molecule has 2 aromatic carbocycles. The summed E-state index contributed by atoms with van der Waals surface area (Å²) in [6.45, 7) is 0.729. The summed E-state index contributed by atoms with van der Waals surface area (Å²) in [5, 5.41) is 7.13. The normalized spacial score (nSPS) is 17.5. The van der Waals surface area contributed by atoms with Crippen molar-refractivity contribution in [2.75, 3.05) is 29.9 Å². The molecule has 1 amide bonds. The molecule has 1 aliphatic rings. The van der Waals surface area contributed by atoms with Crippen LogP contribution in [0, 0.1) is 0 Å². The zero-order valence-electron chi connectivity index (χ0n) is 15.7. The van der Waals surface area contributed by atoms with Crippen molar-refractivity contribution in [2.45, 2.75) is 12.5 Å². The monoisotopic (exact) mass is 451 g/mol. The topological polar surface area (TPSA) is 78.5 Å². The van der Waals surface area contributed by atoms with Gasteiger partial charge in [-0.1, -0.05) is 29.8 Å². The third-order valence-corrected chi connectivity index (χ3v) is 6.92. The Labute approximate surface area is 181 Å². The van der Waals surface area contributed by atoms with E-state index in [1.54, 1.807) is 29.2 Å². The minimum absolute atomic E-state index is 0.0148. The van der Waals surface area contributed by atoms with Crippen molar-refractivity contribution in [2.24, 2.45) is 0 Å². The molecule has 0 aliphatic carbocycles. The van der Waals surface area contributed by atoms with E-state index >= 15 is 0 Å². The van der Waals surface area contributed by atoms with E-state index in [2.05, 4.69) is 10.6 Å². The molecule has 1 fully saturated rings. The van der Waals surface area contributed by atoms with Gasteiger partial charge in [-0.3, -0.25) is 4.79 Å². The number of hydrogen-bond donors (Lipinski definition) is 2. The lowest BCUT2D eigenvalue weighted by molar-refractivity contribution is 0.0701. The molecule has 1 saturated heterocycles. The molecule has 3 rings (SSSR count). The summed E-state index contributed by atoms with van der Waals surface area (Å²) in [5.41, 5.74) is 1.34. The fraction of sp³-hybridized carbons (Fsp3) is 0.300. The first kappa shape index (κ1) is 21.5. The minimum atomic E-state index is -3.12. The van der Waals surface area contributed by atoms with Gasteiger partial charge < -0.3 is 15.5 Å². The third-order valence-electron chi connectivity index (χ3n) is 4.67. The molecule has 2 aromatic rings. The van der Waals surface area contributed by atoms with Gasteiger partial charge in [0.25, 0.3) is 5.91 Å². The Balaban J connectivity index is 1.64. The van der Waals surface area contributed by atoms with E-state index < -0.39 is 9.84 Å². The second kappa shape index (κ2) is 9.56. The summed E-state index contributed by atoms with van der Waals surface area (Å²) in [6.07, 6.45) is 0.439. The van der Waals surface area contributed by atoms with Gasteiger partial charge in [0.2, 0.25) is 0 Å². The fourth-order valence-electron chi connectivity index (χ4n) is 3.22. The number of amides is 1.